The van der Waals surface area contributed by atoms with Crippen LogP contribution in [0.4, 0.5) is 5.69 Å². The van der Waals surface area contributed by atoms with Crippen LogP contribution in [-0.4, -0.2) is 69.7 Å². The first kappa shape index (κ1) is 22.5. The number of sulfonamides is 1. The Hall–Kier alpha value is -1.80. The summed E-state index contributed by atoms with van der Waals surface area (Å²) in [5, 5.41) is 6.73. The third-order valence-electron chi connectivity index (χ3n) is 4.95. The first-order chi connectivity index (χ1) is 13.5. The molecule has 0 radical (unpaired) electrons. The topological polar surface area (TPSA) is 77.0 Å². The van der Waals surface area contributed by atoms with Crippen molar-refractivity contribution in [1.82, 2.24) is 14.9 Å². The van der Waals surface area contributed by atoms with Gasteiger partial charge >= 0.3 is 0 Å². The average molecular weight is 410 g/mol. The Morgan fingerprint density at radius 1 is 1.21 bits per heavy atom. The highest BCUT2D eigenvalue weighted by Gasteiger charge is 2.21. The summed E-state index contributed by atoms with van der Waals surface area (Å²) in [7, 11) is -3.25. The molecule has 7 nitrogen and oxygen atoms in total. The van der Waals surface area contributed by atoms with Crippen molar-refractivity contribution in [2.45, 2.75) is 39.7 Å². The van der Waals surface area contributed by atoms with Gasteiger partial charge in [0.05, 0.1) is 12.3 Å². The molecule has 158 valence electrons. The molecule has 0 aliphatic carbocycles. The van der Waals surface area contributed by atoms with Crippen LogP contribution in [0.25, 0.3) is 0 Å². The molecule has 1 unspecified atom stereocenters. The van der Waals surface area contributed by atoms with Crippen LogP contribution in [0.5, 0.6) is 0 Å². The molecule has 0 spiro atoms. The van der Waals surface area contributed by atoms with Crippen molar-refractivity contribution >= 4 is 21.7 Å². The van der Waals surface area contributed by atoms with E-state index in [0.717, 1.165) is 32.5 Å². The predicted octanol–water partition coefficient (Wildman–Crippen LogP) is 1.88. The van der Waals surface area contributed by atoms with E-state index in [1.165, 1.54) is 9.99 Å². The summed E-state index contributed by atoms with van der Waals surface area (Å²) in [6.07, 6.45) is 2.19. The van der Waals surface area contributed by atoms with E-state index >= 15 is 0 Å². The standard InChI is InChI=1S/C20H35N5O2S/c1-4-21-20(22-14-16-28(26,27)25(5-2)6-3)23-18-11-10-15-24(17-18)19-12-8-7-9-13-19/h7-9,12-13,18H,4-6,10-11,14-17H2,1-3H3,(H2,21,22,23). The molecule has 1 heterocycles. The normalized spacial score (nSPS) is 18.4. The van der Waals surface area contributed by atoms with Gasteiger partial charge in [-0.1, -0.05) is 32.0 Å². The number of piperidine rings is 1. The van der Waals surface area contributed by atoms with Crippen LogP contribution >= 0.6 is 0 Å². The van der Waals surface area contributed by atoms with Crippen molar-refractivity contribution in [3.8, 4) is 0 Å². The molecule has 0 bridgehead atoms. The van der Waals surface area contributed by atoms with E-state index < -0.39 is 10.0 Å². The van der Waals surface area contributed by atoms with Crippen LogP contribution in [0.2, 0.25) is 0 Å². The van der Waals surface area contributed by atoms with Crippen molar-refractivity contribution in [3.63, 3.8) is 0 Å². The predicted molar refractivity (Wildman–Crippen MR) is 117 cm³/mol. The minimum atomic E-state index is -3.25. The molecule has 8 heteroatoms. The van der Waals surface area contributed by atoms with E-state index in [-0.39, 0.29) is 18.3 Å². The number of aliphatic imine (C=N–C) groups is 1. The second kappa shape index (κ2) is 11.3. The highest BCUT2D eigenvalue weighted by molar-refractivity contribution is 7.89. The van der Waals surface area contributed by atoms with Crippen molar-refractivity contribution in [2.75, 3.05) is 49.9 Å². The Balaban J connectivity index is 1.95. The highest BCUT2D eigenvalue weighted by atomic mass is 32.2. The molecule has 2 rings (SSSR count). The van der Waals surface area contributed by atoms with Gasteiger partial charge in [-0.25, -0.2) is 12.7 Å². The SMILES string of the molecule is CCNC(=NCCS(=O)(=O)N(CC)CC)NC1CCCN(c2ccccc2)C1. The quantitative estimate of drug-likeness (QED) is 0.481. The third-order valence-corrected chi connectivity index (χ3v) is 6.95. The Kier molecular flexibility index (Phi) is 9.05. The third kappa shape index (κ3) is 6.67. The second-order valence-electron chi connectivity index (χ2n) is 6.93. The number of para-hydroxylation sites is 1. The Bertz CT molecular complexity index is 705. The van der Waals surface area contributed by atoms with Crippen LogP contribution in [-0.2, 0) is 10.0 Å². The molecule has 1 aromatic rings. The van der Waals surface area contributed by atoms with Crippen LogP contribution in [0.15, 0.2) is 35.3 Å². The van der Waals surface area contributed by atoms with Crippen molar-refractivity contribution < 1.29 is 8.42 Å². The Labute approximate surface area is 170 Å². The zero-order chi connectivity index (χ0) is 20.4. The fourth-order valence-electron chi connectivity index (χ4n) is 3.50. The Morgan fingerprint density at radius 3 is 2.57 bits per heavy atom. The van der Waals surface area contributed by atoms with Gasteiger partial charge in [0.1, 0.15) is 0 Å². The summed E-state index contributed by atoms with van der Waals surface area (Å²) in [5.41, 5.74) is 1.24. The summed E-state index contributed by atoms with van der Waals surface area (Å²) >= 11 is 0. The van der Waals surface area contributed by atoms with Crippen LogP contribution in [0.1, 0.15) is 33.6 Å². The van der Waals surface area contributed by atoms with Gasteiger partial charge in [0.25, 0.3) is 0 Å². The van der Waals surface area contributed by atoms with Crippen LogP contribution in [0, 0.1) is 0 Å². The maximum absolute atomic E-state index is 12.3. The maximum atomic E-state index is 12.3. The van der Waals surface area contributed by atoms with E-state index in [1.54, 1.807) is 0 Å². The van der Waals surface area contributed by atoms with Gasteiger partial charge in [-0.2, -0.15) is 0 Å². The zero-order valence-corrected chi connectivity index (χ0v) is 18.2. The number of hydrogen-bond acceptors (Lipinski definition) is 4. The second-order valence-corrected chi connectivity index (χ2v) is 9.01. The molecule has 2 N–H and O–H groups in total. The number of rotatable bonds is 9. The number of hydrogen-bond donors (Lipinski definition) is 2. The Morgan fingerprint density at radius 2 is 1.93 bits per heavy atom. The van der Waals surface area contributed by atoms with Gasteiger partial charge in [-0.3, -0.25) is 4.99 Å². The minimum Gasteiger partial charge on any atom is -0.369 e. The highest BCUT2D eigenvalue weighted by Crippen LogP contribution is 2.19. The number of nitrogens with zero attached hydrogens (tertiary/aromatic N) is 3. The molecular formula is C20H35N5O2S. The summed E-state index contributed by atoms with van der Waals surface area (Å²) in [5.74, 6) is 0.726. The van der Waals surface area contributed by atoms with E-state index in [1.807, 2.05) is 26.8 Å². The van der Waals surface area contributed by atoms with E-state index in [0.29, 0.717) is 19.0 Å². The van der Waals surface area contributed by atoms with E-state index in [4.69, 9.17) is 0 Å². The lowest BCUT2D eigenvalue weighted by atomic mass is 10.1. The molecule has 1 atom stereocenters. The molecule has 1 aromatic carbocycles. The molecule has 1 fully saturated rings. The zero-order valence-electron chi connectivity index (χ0n) is 17.4. The van der Waals surface area contributed by atoms with Crippen molar-refractivity contribution in [3.05, 3.63) is 30.3 Å². The molecule has 1 aliphatic heterocycles. The smallest absolute Gasteiger partial charge is 0.215 e. The fraction of sp³-hybridized carbons (Fsp3) is 0.650. The summed E-state index contributed by atoms with van der Waals surface area (Å²) in [6.45, 7) is 9.68. The summed E-state index contributed by atoms with van der Waals surface area (Å²) in [4.78, 5) is 6.90. The molecule has 0 amide bonds. The van der Waals surface area contributed by atoms with Crippen LogP contribution in [0.3, 0.4) is 0 Å². The lowest BCUT2D eigenvalue weighted by Gasteiger charge is -2.35. The average Bonchev–Trinajstić information content (AvgIpc) is 2.69. The van der Waals surface area contributed by atoms with Crippen molar-refractivity contribution in [2.24, 2.45) is 4.99 Å². The molecule has 1 aliphatic rings. The molecule has 0 aromatic heterocycles. The molecule has 1 saturated heterocycles. The van der Waals surface area contributed by atoms with E-state index in [2.05, 4.69) is 44.8 Å². The maximum Gasteiger partial charge on any atom is 0.215 e. The summed E-state index contributed by atoms with van der Waals surface area (Å²) < 4.78 is 26.2. The van der Waals surface area contributed by atoms with Gasteiger partial charge in [-0.05, 0) is 31.9 Å². The lowest BCUT2D eigenvalue weighted by molar-refractivity contribution is 0.445. The van der Waals surface area contributed by atoms with Crippen LogP contribution < -0.4 is 15.5 Å². The molecular weight excluding hydrogens is 374 g/mol. The number of nitrogens with one attached hydrogen (secondary N) is 2. The first-order valence-electron chi connectivity index (χ1n) is 10.3. The molecule has 28 heavy (non-hydrogen) atoms. The van der Waals surface area contributed by atoms with Gasteiger partial charge in [0, 0.05) is 44.5 Å². The molecule has 0 saturated carbocycles. The van der Waals surface area contributed by atoms with Gasteiger partial charge in [0.15, 0.2) is 5.96 Å². The summed E-state index contributed by atoms with van der Waals surface area (Å²) in [6, 6.07) is 10.7. The fourth-order valence-corrected chi connectivity index (χ4v) is 4.87. The van der Waals surface area contributed by atoms with Gasteiger partial charge in [-0.15, -0.1) is 0 Å². The largest absolute Gasteiger partial charge is 0.369 e. The monoisotopic (exact) mass is 409 g/mol. The number of anilines is 1. The van der Waals surface area contributed by atoms with Gasteiger partial charge < -0.3 is 15.5 Å². The number of benzene rings is 1. The lowest BCUT2D eigenvalue weighted by Crippen LogP contribution is -2.51. The van der Waals surface area contributed by atoms with Gasteiger partial charge in [0.2, 0.25) is 10.0 Å². The number of guanidine groups is 1. The minimum absolute atomic E-state index is 0.0338. The van der Waals surface area contributed by atoms with Crippen molar-refractivity contribution in [1.29, 1.82) is 0 Å². The van der Waals surface area contributed by atoms with E-state index in [9.17, 15) is 8.42 Å². The first-order valence-corrected chi connectivity index (χ1v) is 11.9.